The lowest BCUT2D eigenvalue weighted by atomic mass is 10.1. The van der Waals surface area contributed by atoms with Gasteiger partial charge in [-0.2, -0.15) is 0 Å². The van der Waals surface area contributed by atoms with Crippen molar-refractivity contribution >= 4 is 23.2 Å². The second kappa shape index (κ2) is 7.79. The van der Waals surface area contributed by atoms with Crippen LogP contribution in [0, 0.1) is 5.82 Å². The van der Waals surface area contributed by atoms with Crippen LogP contribution in [0.1, 0.15) is 31.1 Å². The number of methoxy groups -OCH3 is 1. The van der Waals surface area contributed by atoms with Crippen molar-refractivity contribution in [2.24, 2.45) is 0 Å². The summed E-state index contributed by atoms with van der Waals surface area (Å²) in [7, 11) is 1.39. The van der Waals surface area contributed by atoms with E-state index in [0.717, 1.165) is 0 Å². The van der Waals surface area contributed by atoms with Gasteiger partial charge in [-0.1, -0.05) is 6.07 Å². The highest BCUT2D eigenvalue weighted by Crippen LogP contribution is 2.26. The molecule has 0 unspecified atom stereocenters. The zero-order valence-electron chi connectivity index (χ0n) is 14.7. The first-order valence-corrected chi connectivity index (χ1v) is 7.88. The first-order chi connectivity index (χ1) is 11.8. The van der Waals surface area contributed by atoms with Crippen LogP contribution in [-0.4, -0.2) is 25.0 Å². The van der Waals surface area contributed by atoms with E-state index in [1.54, 1.807) is 30.3 Å². The van der Waals surface area contributed by atoms with Crippen molar-refractivity contribution in [1.82, 2.24) is 0 Å². The van der Waals surface area contributed by atoms with Gasteiger partial charge in [0.15, 0.2) is 11.6 Å². The van der Waals surface area contributed by atoms with Gasteiger partial charge in [-0.15, -0.1) is 0 Å². The predicted molar refractivity (Wildman–Crippen MR) is 95.6 cm³/mol. The summed E-state index contributed by atoms with van der Waals surface area (Å²) in [6, 6.07) is 10.8. The number of benzene rings is 2. The van der Waals surface area contributed by atoms with Gasteiger partial charge in [0, 0.05) is 36.0 Å². The highest BCUT2D eigenvalue weighted by molar-refractivity contribution is 6.07. The van der Waals surface area contributed by atoms with Gasteiger partial charge in [0.25, 0.3) is 5.91 Å². The fourth-order valence-corrected chi connectivity index (χ4v) is 2.53. The first kappa shape index (κ1) is 18.4. The zero-order valence-corrected chi connectivity index (χ0v) is 14.7. The largest absolute Gasteiger partial charge is 0.494 e. The summed E-state index contributed by atoms with van der Waals surface area (Å²) in [6.45, 7) is 5.09. The second-order valence-corrected chi connectivity index (χ2v) is 5.85. The number of nitrogens with one attached hydrogen (secondary N) is 1. The third-order valence-electron chi connectivity index (χ3n) is 3.58. The average molecular weight is 344 g/mol. The Morgan fingerprint density at radius 3 is 2.44 bits per heavy atom. The normalized spacial score (nSPS) is 10.5. The molecule has 2 amide bonds. The minimum atomic E-state index is -0.537. The van der Waals surface area contributed by atoms with Gasteiger partial charge < -0.3 is 15.0 Å². The quantitative estimate of drug-likeness (QED) is 0.896. The first-order valence-electron chi connectivity index (χ1n) is 7.88. The molecule has 0 saturated carbocycles. The molecule has 2 rings (SSSR count). The Hall–Kier alpha value is -2.89. The molecule has 25 heavy (non-hydrogen) atoms. The lowest BCUT2D eigenvalue weighted by Crippen LogP contribution is -2.37. The maximum absolute atomic E-state index is 14.0. The summed E-state index contributed by atoms with van der Waals surface area (Å²) in [5.41, 5.74) is 1.36. The van der Waals surface area contributed by atoms with Crippen LogP contribution in [0.3, 0.4) is 0 Å². The van der Waals surface area contributed by atoms with Crippen LogP contribution in [0.5, 0.6) is 5.75 Å². The SMILES string of the molecule is COc1ccc(N(C(=O)c2cccc(NC(C)=O)c2)C(C)C)cc1F. The van der Waals surface area contributed by atoms with Crippen LogP contribution in [0.4, 0.5) is 15.8 Å². The van der Waals surface area contributed by atoms with Crippen LogP contribution < -0.4 is 15.0 Å². The third kappa shape index (κ3) is 4.35. The number of rotatable bonds is 5. The topological polar surface area (TPSA) is 58.6 Å². The molecule has 0 radical (unpaired) electrons. The number of amides is 2. The fourth-order valence-electron chi connectivity index (χ4n) is 2.53. The molecule has 2 aromatic carbocycles. The molecule has 0 aliphatic carbocycles. The summed E-state index contributed by atoms with van der Waals surface area (Å²) >= 11 is 0. The number of carbonyl (C=O) groups excluding carboxylic acids is 2. The Bertz CT molecular complexity index is 790. The number of ether oxygens (including phenoxy) is 1. The molecule has 1 N–H and O–H groups in total. The minimum absolute atomic E-state index is 0.118. The number of halogens is 1. The Morgan fingerprint density at radius 2 is 1.88 bits per heavy atom. The van der Waals surface area contributed by atoms with E-state index in [1.807, 2.05) is 13.8 Å². The van der Waals surface area contributed by atoms with E-state index in [1.165, 1.54) is 31.1 Å². The smallest absolute Gasteiger partial charge is 0.258 e. The molecule has 0 saturated heterocycles. The van der Waals surface area contributed by atoms with Gasteiger partial charge >= 0.3 is 0 Å². The van der Waals surface area contributed by atoms with E-state index in [4.69, 9.17) is 4.74 Å². The molecule has 0 fully saturated rings. The lowest BCUT2D eigenvalue weighted by Gasteiger charge is -2.27. The van der Waals surface area contributed by atoms with Crippen LogP contribution >= 0.6 is 0 Å². The number of carbonyl (C=O) groups is 2. The minimum Gasteiger partial charge on any atom is -0.494 e. The molecule has 0 spiro atoms. The summed E-state index contributed by atoms with van der Waals surface area (Å²) in [4.78, 5) is 25.6. The predicted octanol–water partition coefficient (Wildman–Crippen LogP) is 3.85. The van der Waals surface area contributed by atoms with Gasteiger partial charge in [-0.25, -0.2) is 4.39 Å². The van der Waals surface area contributed by atoms with E-state index in [9.17, 15) is 14.0 Å². The third-order valence-corrected chi connectivity index (χ3v) is 3.58. The lowest BCUT2D eigenvalue weighted by molar-refractivity contribution is -0.114. The van der Waals surface area contributed by atoms with Gasteiger partial charge in [-0.05, 0) is 44.2 Å². The highest BCUT2D eigenvalue weighted by atomic mass is 19.1. The molecule has 6 heteroatoms. The van der Waals surface area contributed by atoms with Crippen molar-refractivity contribution in [3.63, 3.8) is 0 Å². The summed E-state index contributed by atoms with van der Waals surface area (Å²) in [5, 5.41) is 2.65. The highest BCUT2D eigenvalue weighted by Gasteiger charge is 2.22. The van der Waals surface area contributed by atoms with Gasteiger partial charge in [0.2, 0.25) is 5.91 Å². The number of hydrogen-bond acceptors (Lipinski definition) is 3. The Labute approximate surface area is 146 Å². The van der Waals surface area contributed by atoms with Crippen molar-refractivity contribution in [3.8, 4) is 5.75 Å². The molecular formula is C19H21FN2O3. The maximum Gasteiger partial charge on any atom is 0.258 e. The van der Waals surface area contributed by atoms with Crippen LogP contribution in [0.2, 0.25) is 0 Å². The van der Waals surface area contributed by atoms with Crippen LogP contribution in [0.25, 0.3) is 0 Å². The molecule has 0 aliphatic heterocycles. The van der Waals surface area contributed by atoms with Gasteiger partial charge in [0.1, 0.15) is 0 Å². The van der Waals surface area contributed by atoms with Crippen molar-refractivity contribution in [2.75, 3.05) is 17.3 Å². The van der Waals surface area contributed by atoms with E-state index < -0.39 is 5.82 Å². The number of hydrogen-bond donors (Lipinski definition) is 1. The number of anilines is 2. The van der Waals surface area contributed by atoms with Crippen molar-refractivity contribution < 1.29 is 18.7 Å². The Morgan fingerprint density at radius 1 is 1.16 bits per heavy atom. The van der Waals surface area contributed by atoms with Gasteiger partial charge in [-0.3, -0.25) is 9.59 Å². The molecule has 0 bridgehead atoms. The molecule has 0 heterocycles. The summed E-state index contributed by atoms with van der Waals surface area (Å²) < 4.78 is 19.0. The van der Waals surface area contributed by atoms with E-state index in [2.05, 4.69) is 5.32 Å². The van der Waals surface area contributed by atoms with Crippen LogP contribution in [-0.2, 0) is 4.79 Å². The van der Waals surface area contributed by atoms with Crippen molar-refractivity contribution in [1.29, 1.82) is 0 Å². The number of nitrogens with zero attached hydrogens (tertiary/aromatic N) is 1. The molecule has 0 aromatic heterocycles. The Kier molecular flexibility index (Phi) is 5.75. The maximum atomic E-state index is 14.0. The molecule has 0 atom stereocenters. The standard InChI is InChI=1S/C19H21FN2O3/c1-12(2)22(16-8-9-18(25-4)17(20)11-16)19(24)14-6-5-7-15(10-14)21-13(3)23/h5-12H,1-4H3,(H,21,23). The van der Waals surface area contributed by atoms with E-state index in [0.29, 0.717) is 16.9 Å². The molecule has 5 nitrogen and oxygen atoms in total. The summed E-state index contributed by atoms with van der Waals surface area (Å²) in [6.07, 6.45) is 0. The monoisotopic (exact) mass is 344 g/mol. The van der Waals surface area contributed by atoms with E-state index >= 15 is 0 Å². The van der Waals surface area contributed by atoms with E-state index in [-0.39, 0.29) is 23.6 Å². The van der Waals surface area contributed by atoms with Crippen LogP contribution in [0.15, 0.2) is 42.5 Å². The summed E-state index contributed by atoms with van der Waals surface area (Å²) in [5.74, 6) is -0.924. The Balaban J connectivity index is 2.39. The zero-order chi connectivity index (χ0) is 18.6. The van der Waals surface area contributed by atoms with Gasteiger partial charge in [0.05, 0.1) is 7.11 Å². The second-order valence-electron chi connectivity index (χ2n) is 5.85. The molecule has 132 valence electrons. The molecular weight excluding hydrogens is 323 g/mol. The van der Waals surface area contributed by atoms with Crippen molar-refractivity contribution in [2.45, 2.75) is 26.8 Å². The fraction of sp³-hybridized carbons (Fsp3) is 0.263. The average Bonchev–Trinajstić information content (AvgIpc) is 2.54. The molecule has 2 aromatic rings. The molecule has 0 aliphatic rings. The van der Waals surface area contributed by atoms with Crippen molar-refractivity contribution in [3.05, 3.63) is 53.8 Å².